The van der Waals surface area contributed by atoms with Crippen LogP contribution in [-0.2, 0) is 0 Å². The van der Waals surface area contributed by atoms with Gasteiger partial charge in [0, 0.05) is 6.07 Å². The molecule has 0 fully saturated rings. The van der Waals surface area contributed by atoms with Gasteiger partial charge in [-0.25, -0.2) is 19.6 Å². The molecular weight excluding hydrogens is 272 g/mol. The smallest absolute Gasteiger partial charge is 0.177 e. The molecule has 0 spiro atoms. The second kappa shape index (κ2) is 5.85. The van der Waals surface area contributed by atoms with Crippen molar-refractivity contribution in [2.75, 3.05) is 12.5 Å². The number of nitrogens with two attached hydrogens (primary N) is 1. The number of hydrogen-bond donors (Lipinski definition) is 2. The van der Waals surface area contributed by atoms with Gasteiger partial charge in [-0.05, 0) is 12.1 Å². The van der Waals surface area contributed by atoms with Crippen LogP contribution in [0.2, 0.25) is 0 Å². The lowest BCUT2D eigenvalue weighted by atomic mass is 10.3. The highest BCUT2D eigenvalue weighted by molar-refractivity contribution is 7.99. The molecule has 19 heavy (non-hydrogen) atoms. The molecule has 2 rings (SSSR count). The normalized spacial score (nSPS) is 10.3. The van der Waals surface area contributed by atoms with Crippen LogP contribution in [-0.4, -0.2) is 12.1 Å². The van der Waals surface area contributed by atoms with Crippen molar-refractivity contribution < 1.29 is 13.5 Å². The molecule has 0 radical (unpaired) electrons. The summed E-state index contributed by atoms with van der Waals surface area (Å²) in [4.78, 5) is 4.45. The third-order valence-corrected chi connectivity index (χ3v) is 3.35. The molecule has 7 heteroatoms. The van der Waals surface area contributed by atoms with E-state index in [0.717, 1.165) is 17.8 Å². The number of nitrogens with one attached hydrogen (secondary N) is 1. The number of halogens is 2. The van der Waals surface area contributed by atoms with Gasteiger partial charge in [0.25, 0.3) is 0 Å². The van der Waals surface area contributed by atoms with E-state index in [9.17, 15) is 8.78 Å². The van der Waals surface area contributed by atoms with Gasteiger partial charge in [0.15, 0.2) is 17.5 Å². The Hall–Kier alpha value is -1.86. The molecule has 4 nitrogen and oxygen atoms in total. The summed E-state index contributed by atoms with van der Waals surface area (Å²) in [5, 5.41) is 0.0128. The topological polar surface area (TPSA) is 60.2 Å². The monoisotopic (exact) mass is 283 g/mol. The highest BCUT2D eigenvalue weighted by Gasteiger charge is 2.14. The predicted octanol–water partition coefficient (Wildman–Crippen LogP) is 2.81. The van der Waals surface area contributed by atoms with Crippen LogP contribution in [0.3, 0.4) is 0 Å². The molecule has 0 bridgehead atoms. The molecule has 1 aromatic heterocycles. The first-order valence-corrected chi connectivity index (χ1v) is 6.11. The van der Waals surface area contributed by atoms with Gasteiger partial charge in [-0.2, -0.15) is 0 Å². The Balaban J connectivity index is 2.38. The number of para-hydroxylation sites is 1. The van der Waals surface area contributed by atoms with Gasteiger partial charge >= 0.3 is 0 Å². The fourth-order valence-corrected chi connectivity index (χ4v) is 2.33. The summed E-state index contributed by atoms with van der Waals surface area (Å²) in [6.45, 7) is 0. The first-order valence-electron chi connectivity index (χ1n) is 5.29. The maximum absolute atomic E-state index is 13.7. The minimum absolute atomic E-state index is 0.0128. The zero-order chi connectivity index (χ0) is 13.8. The molecule has 0 saturated heterocycles. The average molecular weight is 283 g/mol. The summed E-state index contributed by atoms with van der Waals surface area (Å²) < 4.78 is 32.0. The Bertz CT molecular complexity index is 595. The molecular formula is C12H11F2N3OS. The van der Waals surface area contributed by atoms with E-state index in [1.54, 1.807) is 24.3 Å². The summed E-state index contributed by atoms with van der Waals surface area (Å²) >= 11 is 1.03. The summed E-state index contributed by atoms with van der Waals surface area (Å²) in [5.41, 5.74) is 2.08. The Labute approximate surface area is 113 Å². The lowest BCUT2D eigenvalue weighted by molar-refractivity contribution is 0.404. The Morgan fingerprint density at radius 3 is 2.68 bits per heavy atom. The zero-order valence-corrected chi connectivity index (χ0v) is 10.8. The van der Waals surface area contributed by atoms with Gasteiger partial charge in [0.1, 0.15) is 10.8 Å². The predicted molar refractivity (Wildman–Crippen MR) is 69.1 cm³/mol. The summed E-state index contributed by atoms with van der Waals surface area (Å²) in [6.07, 6.45) is 0. The molecule has 3 N–H and O–H groups in total. The first-order chi connectivity index (χ1) is 9.15. The van der Waals surface area contributed by atoms with Gasteiger partial charge in [-0.3, -0.25) is 0 Å². The number of aromatic nitrogens is 1. The van der Waals surface area contributed by atoms with Crippen LogP contribution in [0.15, 0.2) is 40.3 Å². The Morgan fingerprint density at radius 2 is 2.00 bits per heavy atom. The van der Waals surface area contributed by atoms with Crippen LogP contribution in [0.5, 0.6) is 5.75 Å². The zero-order valence-electron chi connectivity index (χ0n) is 9.98. The van der Waals surface area contributed by atoms with Gasteiger partial charge in [0.2, 0.25) is 0 Å². The quantitative estimate of drug-likeness (QED) is 0.667. The van der Waals surface area contributed by atoms with E-state index in [4.69, 9.17) is 10.6 Å². The highest BCUT2D eigenvalue weighted by Crippen LogP contribution is 2.35. The molecule has 1 heterocycles. The molecule has 0 aliphatic carbocycles. The van der Waals surface area contributed by atoms with E-state index in [0.29, 0.717) is 10.6 Å². The summed E-state index contributed by atoms with van der Waals surface area (Å²) in [5.74, 6) is 3.88. The van der Waals surface area contributed by atoms with Gasteiger partial charge < -0.3 is 10.2 Å². The summed E-state index contributed by atoms with van der Waals surface area (Å²) in [6, 6.07) is 7.81. The maximum atomic E-state index is 13.7. The third-order valence-electron chi connectivity index (χ3n) is 2.31. The lowest BCUT2D eigenvalue weighted by Crippen LogP contribution is -2.11. The fraction of sp³-hybridized carbons (Fsp3) is 0.0833. The van der Waals surface area contributed by atoms with Crippen LogP contribution in [0.4, 0.5) is 14.6 Å². The number of anilines is 1. The number of ether oxygens (including phenoxy) is 1. The van der Waals surface area contributed by atoms with Crippen LogP contribution < -0.4 is 16.0 Å². The van der Waals surface area contributed by atoms with Crippen molar-refractivity contribution in [1.82, 2.24) is 4.98 Å². The molecule has 0 aliphatic heterocycles. The number of nitrogen functional groups attached to an aromatic ring is 1. The molecule has 100 valence electrons. The average Bonchev–Trinajstić information content (AvgIpc) is 2.42. The van der Waals surface area contributed by atoms with Gasteiger partial charge in [-0.1, -0.05) is 23.9 Å². The molecule has 0 unspecified atom stereocenters. The molecule has 1 aromatic carbocycles. The number of hydrogen-bond acceptors (Lipinski definition) is 5. The van der Waals surface area contributed by atoms with Crippen molar-refractivity contribution in [3.8, 4) is 5.75 Å². The number of hydrazine groups is 1. The first kappa shape index (κ1) is 13.6. The van der Waals surface area contributed by atoms with E-state index in [2.05, 4.69) is 10.4 Å². The van der Waals surface area contributed by atoms with Gasteiger partial charge in [0.05, 0.1) is 12.0 Å². The molecule has 0 saturated carbocycles. The fourth-order valence-electron chi connectivity index (χ4n) is 1.43. The molecule has 2 aromatic rings. The van der Waals surface area contributed by atoms with E-state index in [1.165, 1.54) is 7.11 Å². The van der Waals surface area contributed by atoms with Crippen molar-refractivity contribution in [3.63, 3.8) is 0 Å². The van der Waals surface area contributed by atoms with E-state index in [1.807, 2.05) is 0 Å². The van der Waals surface area contributed by atoms with Crippen molar-refractivity contribution in [1.29, 1.82) is 0 Å². The highest BCUT2D eigenvalue weighted by atomic mass is 32.2. The number of rotatable bonds is 4. The van der Waals surface area contributed by atoms with E-state index < -0.39 is 11.6 Å². The number of pyridine rings is 1. The second-order valence-corrected chi connectivity index (χ2v) is 4.53. The second-order valence-electron chi connectivity index (χ2n) is 3.50. The Morgan fingerprint density at radius 1 is 1.26 bits per heavy atom. The minimum atomic E-state index is -0.843. The maximum Gasteiger partial charge on any atom is 0.177 e. The van der Waals surface area contributed by atoms with Crippen LogP contribution in [0, 0.1) is 11.6 Å². The lowest BCUT2D eigenvalue weighted by Gasteiger charge is -2.09. The molecule has 0 aliphatic rings. The van der Waals surface area contributed by atoms with Crippen LogP contribution in [0.25, 0.3) is 0 Å². The number of methoxy groups -OCH3 is 1. The molecule has 0 amide bonds. The van der Waals surface area contributed by atoms with Crippen LogP contribution in [0.1, 0.15) is 0 Å². The van der Waals surface area contributed by atoms with E-state index >= 15 is 0 Å². The van der Waals surface area contributed by atoms with E-state index in [-0.39, 0.29) is 10.8 Å². The standard InChI is InChI=1S/C12H11F2N3OS/c1-18-9-4-2-3-5-10(9)19-12-8(14)6-7(13)11(16-12)17-15/h2-6H,15H2,1H3,(H,16,17). The number of benzene rings is 1. The SMILES string of the molecule is COc1ccccc1Sc1nc(NN)c(F)cc1F. The summed E-state index contributed by atoms with van der Waals surface area (Å²) in [7, 11) is 1.51. The Kier molecular flexibility index (Phi) is 4.18. The van der Waals surface area contributed by atoms with Crippen LogP contribution >= 0.6 is 11.8 Å². The van der Waals surface area contributed by atoms with Crippen molar-refractivity contribution in [2.45, 2.75) is 9.92 Å². The van der Waals surface area contributed by atoms with Crippen molar-refractivity contribution in [2.24, 2.45) is 5.84 Å². The van der Waals surface area contributed by atoms with Gasteiger partial charge in [-0.15, -0.1) is 0 Å². The third kappa shape index (κ3) is 2.94. The largest absolute Gasteiger partial charge is 0.496 e. The minimum Gasteiger partial charge on any atom is -0.496 e. The number of nitrogens with zero attached hydrogens (tertiary/aromatic N) is 1. The van der Waals surface area contributed by atoms with Crippen molar-refractivity contribution in [3.05, 3.63) is 42.0 Å². The molecule has 0 atom stereocenters. The van der Waals surface area contributed by atoms with Crippen molar-refractivity contribution >= 4 is 17.6 Å².